The zero-order chi connectivity index (χ0) is 28.6. The molecule has 0 aliphatic rings. The summed E-state index contributed by atoms with van der Waals surface area (Å²) >= 11 is 0. The molecular weight excluding hydrogens is 523 g/mol. The Labute approximate surface area is 251 Å². The summed E-state index contributed by atoms with van der Waals surface area (Å²) in [4.78, 5) is 4.96. The largest absolute Gasteiger partial charge is 0.345 e. The van der Waals surface area contributed by atoms with Crippen LogP contribution >= 0.6 is 0 Å². The molecule has 6 rings (SSSR count). The summed E-state index contributed by atoms with van der Waals surface area (Å²) in [5.74, 6) is 0. The molecule has 0 saturated heterocycles. The molecule has 6 aromatic rings. The molecule has 0 aliphatic heterocycles. The van der Waals surface area contributed by atoms with E-state index in [1.165, 1.54) is 37.7 Å². The first-order valence-corrected chi connectivity index (χ1v) is 17.0. The molecule has 0 fully saturated rings. The van der Waals surface area contributed by atoms with Crippen molar-refractivity contribution in [3.05, 3.63) is 175 Å². The SMILES string of the molecule is CCc1ccc([Si](Cn2ccnc2BC(=Cc2ccccc2)c2ccccc2)(c2ccccc2)c2ccccc2)cc1. The highest BCUT2D eigenvalue weighted by Crippen LogP contribution is 2.18. The Bertz CT molecular complexity index is 1690. The Morgan fingerprint density at radius 2 is 1.19 bits per heavy atom. The van der Waals surface area contributed by atoms with Crippen LogP contribution in [0.15, 0.2) is 158 Å². The van der Waals surface area contributed by atoms with Crippen molar-refractivity contribution in [2.24, 2.45) is 0 Å². The van der Waals surface area contributed by atoms with Gasteiger partial charge in [-0.3, -0.25) is 4.98 Å². The maximum absolute atomic E-state index is 4.96. The van der Waals surface area contributed by atoms with Crippen LogP contribution in [-0.2, 0) is 12.6 Å². The Hall–Kier alpha value is -4.67. The molecule has 204 valence electrons. The second-order valence-corrected chi connectivity index (χ2v) is 14.6. The molecule has 5 aromatic carbocycles. The van der Waals surface area contributed by atoms with Crippen molar-refractivity contribution in [1.29, 1.82) is 0 Å². The zero-order valence-electron chi connectivity index (χ0n) is 24.1. The van der Waals surface area contributed by atoms with Crippen LogP contribution in [-0.4, -0.2) is 24.9 Å². The lowest BCUT2D eigenvalue weighted by Gasteiger charge is -2.35. The molecule has 0 bridgehead atoms. The first kappa shape index (κ1) is 27.5. The highest BCUT2D eigenvalue weighted by molar-refractivity contribution is 7.10. The van der Waals surface area contributed by atoms with E-state index in [4.69, 9.17) is 4.98 Å². The van der Waals surface area contributed by atoms with E-state index in [1.54, 1.807) is 0 Å². The van der Waals surface area contributed by atoms with Crippen molar-refractivity contribution in [1.82, 2.24) is 9.55 Å². The van der Waals surface area contributed by atoms with E-state index in [9.17, 15) is 0 Å². The summed E-state index contributed by atoms with van der Waals surface area (Å²) in [5.41, 5.74) is 6.12. The highest BCUT2D eigenvalue weighted by Gasteiger charge is 2.40. The van der Waals surface area contributed by atoms with Crippen LogP contribution in [0.25, 0.3) is 11.5 Å². The number of hydrogen-bond donors (Lipinski definition) is 0. The molecule has 0 aliphatic carbocycles. The number of aromatic nitrogens is 2. The first-order chi connectivity index (χ1) is 20.8. The van der Waals surface area contributed by atoms with Gasteiger partial charge < -0.3 is 4.57 Å². The molecule has 2 nitrogen and oxygen atoms in total. The zero-order valence-corrected chi connectivity index (χ0v) is 25.1. The van der Waals surface area contributed by atoms with Gasteiger partial charge in [-0.2, -0.15) is 0 Å². The van der Waals surface area contributed by atoms with E-state index in [0.29, 0.717) is 0 Å². The van der Waals surface area contributed by atoms with Gasteiger partial charge in [-0.05, 0) is 38.7 Å². The predicted octanol–water partition coefficient (Wildman–Crippen LogP) is 5.42. The molecule has 1 aromatic heterocycles. The second kappa shape index (κ2) is 12.9. The average Bonchev–Trinajstić information content (AvgIpc) is 3.51. The smallest absolute Gasteiger partial charge is 0.239 e. The van der Waals surface area contributed by atoms with E-state index in [0.717, 1.165) is 25.6 Å². The van der Waals surface area contributed by atoms with Gasteiger partial charge in [0.15, 0.2) is 8.07 Å². The molecule has 0 saturated carbocycles. The summed E-state index contributed by atoms with van der Waals surface area (Å²) in [6.45, 7) is 2.22. The molecule has 0 atom stereocenters. The Morgan fingerprint density at radius 3 is 1.76 bits per heavy atom. The van der Waals surface area contributed by atoms with Gasteiger partial charge in [0.1, 0.15) is 0 Å². The van der Waals surface area contributed by atoms with Crippen molar-refractivity contribution >= 4 is 48.2 Å². The van der Waals surface area contributed by atoms with E-state index in [-0.39, 0.29) is 0 Å². The Morgan fingerprint density at radius 1 is 0.667 bits per heavy atom. The average molecular weight is 559 g/mol. The lowest BCUT2D eigenvalue weighted by atomic mass is 9.65. The van der Waals surface area contributed by atoms with Crippen molar-refractivity contribution in [3.8, 4) is 0 Å². The van der Waals surface area contributed by atoms with E-state index in [2.05, 4.69) is 169 Å². The quantitative estimate of drug-likeness (QED) is 0.125. The summed E-state index contributed by atoms with van der Waals surface area (Å²) in [7, 11) is -1.75. The van der Waals surface area contributed by atoms with Gasteiger partial charge in [0.05, 0.1) is 5.72 Å². The minimum Gasteiger partial charge on any atom is -0.345 e. The summed E-state index contributed by atoms with van der Waals surface area (Å²) in [5, 5.41) is 4.23. The molecule has 0 spiro atoms. The third kappa shape index (κ3) is 5.86. The fraction of sp³-hybridized carbons (Fsp3) is 0.0789. The van der Waals surface area contributed by atoms with Crippen molar-refractivity contribution < 1.29 is 0 Å². The van der Waals surface area contributed by atoms with Gasteiger partial charge in [-0.1, -0.05) is 164 Å². The predicted molar refractivity (Wildman–Crippen MR) is 183 cm³/mol. The minimum atomic E-state index is -2.50. The van der Waals surface area contributed by atoms with E-state index < -0.39 is 8.07 Å². The maximum atomic E-state index is 4.96. The molecule has 1 heterocycles. The van der Waals surface area contributed by atoms with Gasteiger partial charge in [-0.25, -0.2) is 0 Å². The lowest BCUT2D eigenvalue weighted by Crippen LogP contribution is -2.70. The fourth-order valence-corrected chi connectivity index (χ4v) is 10.6. The lowest BCUT2D eigenvalue weighted by molar-refractivity contribution is 0.893. The van der Waals surface area contributed by atoms with Crippen LogP contribution in [0.5, 0.6) is 0 Å². The van der Waals surface area contributed by atoms with Crippen LogP contribution in [0, 0.1) is 0 Å². The van der Waals surface area contributed by atoms with Crippen molar-refractivity contribution in [2.75, 3.05) is 0 Å². The molecular formula is C38H35BN2Si. The monoisotopic (exact) mass is 558 g/mol. The number of benzene rings is 5. The van der Waals surface area contributed by atoms with Crippen LogP contribution in [0.1, 0.15) is 23.6 Å². The third-order valence-electron chi connectivity index (χ3n) is 8.23. The van der Waals surface area contributed by atoms with Crippen molar-refractivity contribution in [3.63, 3.8) is 0 Å². The summed E-state index contributed by atoms with van der Waals surface area (Å²) < 4.78 is 2.42. The number of aryl methyl sites for hydroxylation is 1. The summed E-state index contributed by atoms with van der Waals surface area (Å²) in [6, 6.07) is 53.0. The number of nitrogens with zero attached hydrogens (tertiary/aromatic N) is 2. The number of imidazole rings is 1. The van der Waals surface area contributed by atoms with Crippen molar-refractivity contribution in [2.45, 2.75) is 19.5 Å². The van der Waals surface area contributed by atoms with Crippen LogP contribution in [0.3, 0.4) is 0 Å². The number of rotatable bonds is 10. The van der Waals surface area contributed by atoms with E-state index in [1.807, 2.05) is 6.20 Å². The first-order valence-electron chi connectivity index (χ1n) is 14.8. The minimum absolute atomic E-state index is 0.745. The van der Waals surface area contributed by atoms with Gasteiger partial charge in [0.2, 0.25) is 7.28 Å². The third-order valence-corrected chi connectivity index (χ3v) is 13.0. The Balaban J connectivity index is 1.48. The van der Waals surface area contributed by atoms with E-state index >= 15 is 0 Å². The summed E-state index contributed by atoms with van der Waals surface area (Å²) in [6.07, 6.45) is 8.35. The topological polar surface area (TPSA) is 17.8 Å². The Kier molecular flexibility index (Phi) is 8.44. The highest BCUT2D eigenvalue weighted by atomic mass is 28.3. The van der Waals surface area contributed by atoms with Crippen LogP contribution in [0.4, 0.5) is 0 Å². The van der Waals surface area contributed by atoms with Crippen LogP contribution < -0.4 is 21.3 Å². The molecule has 0 N–H and O–H groups in total. The van der Waals surface area contributed by atoms with Gasteiger partial charge >= 0.3 is 0 Å². The molecule has 0 unspecified atom stereocenters. The van der Waals surface area contributed by atoms with Crippen LogP contribution in [0.2, 0.25) is 0 Å². The van der Waals surface area contributed by atoms with Gasteiger partial charge in [0.25, 0.3) is 0 Å². The second-order valence-electron chi connectivity index (χ2n) is 10.8. The standard InChI is InChI=1S/C38H35BN2Si/c1-2-31-23-25-36(26-24-31)42(34-19-11-5-12-20-34,35-21-13-6-14-22-35)30-41-28-27-40-38(41)39-37(33-17-9-4-10-18-33)29-32-15-7-3-8-16-32/h3-29,39H,2,30H2,1H3. The maximum Gasteiger partial charge on any atom is 0.239 e. The fourth-order valence-electron chi connectivity index (χ4n) is 5.96. The molecule has 42 heavy (non-hydrogen) atoms. The van der Waals surface area contributed by atoms with Gasteiger partial charge in [-0.15, -0.1) is 0 Å². The number of hydrogen-bond acceptors (Lipinski definition) is 1. The van der Waals surface area contributed by atoms with Gasteiger partial charge in [0, 0.05) is 18.6 Å². The molecule has 4 heteroatoms. The molecule has 0 amide bonds. The molecule has 0 radical (unpaired) electrons. The normalized spacial score (nSPS) is 11.8.